The van der Waals surface area contributed by atoms with Crippen LogP contribution in [0.1, 0.15) is 82.6 Å². The van der Waals surface area contributed by atoms with Crippen molar-refractivity contribution in [2.45, 2.75) is 100 Å². The first-order valence-corrected chi connectivity index (χ1v) is 13.8. The maximum Gasteiger partial charge on any atom is 0.0974 e. The molecule has 4 fully saturated rings. The van der Waals surface area contributed by atoms with Gasteiger partial charge in [-0.25, -0.2) is 0 Å². The molecule has 176 valence electrons. The van der Waals surface area contributed by atoms with Gasteiger partial charge in [-0.2, -0.15) is 0 Å². The SMILES string of the molecule is CC12CC=C3C=C4CCC(NC5CC5)CC45CC[C@]3(O5)C1CCC2c1ccc2ccncc2c1. The molecule has 0 radical (unpaired) electrons. The molecule has 6 aliphatic rings. The molecule has 1 aromatic heterocycles. The third-order valence-electron chi connectivity index (χ3n) is 10.8. The monoisotopic (exact) mass is 452 g/mol. The van der Waals surface area contributed by atoms with E-state index >= 15 is 0 Å². The number of aromatic nitrogens is 1. The molecule has 0 amide bonds. The first-order valence-electron chi connectivity index (χ1n) is 13.8. The average molecular weight is 453 g/mol. The van der Waals surface area contributed by atoms with E-state index in [0.717, 1.165) is 6.04 Å². The van der Waals surface area contributed by atoms with Crippen LogP contribution in [0, 0.1) is 11.3 Å². The summed E-state index contributed by atoms with van der Waals surface area (Å²) in [5.74, 6) is 1.21. The predicted octanol–water partition coefficient (Wildman–Crippen LogP) is 6.60. The van der Waals surface area contributed by atoms with Gasteiger partial charge in [-0.3, -0.25) is 4.98 Å². The van der Waals surface area contributed by atoms with Crippen molar-refractivity contribution in [3.05, 3.63) is 65.5 Å². The first-order chi connectivity index (χ1) is 16.6. The second-order valence-corrected chi connectivity index (χ2v) is 12.6. The third-order valence-corrected chi connectivity index (χ3v) is 10.8. The van der Waals surface area contributed by atoms with E-state index in [1.54, 1.807) is 5.57 Å². The fourth-order valence-corrected chi connectivity index (χ4v) is 9.00. The molecule has 1 N–H and O–H groups in total. The van der Waals surface area contributed by atoms with Crippen LogP contribution < -0.4 is 5.32 Å². The lowest BCUT2D eigenvalue weighted by Crippen LogP contribution is -2.55. The van der Waals surface area contributed by atoms with Gasteiger partial charge in [0.05, 0.1) is 11.2 Å². The number of ether oxygens (including phenoxy) is 1. The van der Waals surface area contributed by atoms with E-state index < -0.39 is 0 Å². The Hall–Kier alpha value is -1.97. The van der Waals surface area contributed by atoms with Crippen molar-refractivity contribution in [3.63, 3.8) is 0 Å². The summed E-state index contributed by atoms with van der Waals surface area (Å²) in [5.41, 5.74) is 4.87. The normalized spacial score (nSPS) is 42.6. The highest BCUT2D eigenvalue weighted by Crippen LogP contribution is 2.69. The lowest BCUT2D eigenvalue weighted by Gasteiger charge is -2.54. The minimum absolute atomic E-state index is 0.00705. The highest BCUT2D eigenvalue weighted by molar-refractivity contribution is 5.82. The first kappa shape index (κ1) is 20.2. The number of benzene rings is 1. The van der Waals surface area contributed by atoms with Crippen LogP contribution in [-0.4, -0.2) is 28.3 Å². The minimum Gasteiger partial charge on any atom is -0.359 e. The molecule has 2 bridgehead atoms. The zero-order chi connectivity index (χ0) is 22.5. The third kappa shape index (κ3) is 2.69. The molecule has 3 heteroatoms. The van der Waals surface area contributed by atoms with Crippen LogP contribution in [0.5, 0.6) is 0 Å². The molecule has 1 saturated heterocycles. The van der Waals surface area contributed by atoms with Crippen LogP contribution in [0.2, 0.25) is 0 Å². The second kappa shape index (κ2) is 6.83. The van der Waals surface area contributed by atoms with Crippen LogP contribution in [0.4, 0.5) is 0 Å². The Bertz CT molecular complexity index is 1240. The number of nitrogens with zero attached hydrogens (tertiary/aromatic N) is 1. The number of rotatable bonds is 3. The van der Waals surface area contributed by atoms with Crippen LogP contribution >= 0.6 is 0 Å². The molecule has 2 spiro atoms. The Morgan fingerprint density at radius 3 is 2.85 bits per heavy atom. The largest absolute Gasteiger partial charge is 0.359 e. The lowest BCUT2D eigenvalue weighted by molar-refractivity contribution is -0.136. The molecule has 2 aliphatic heterocycles. The summed E-state index contributed by atoms with van der Waals surface area (Å²) >= 11 is 0. The van der Waals surface area contributed by atoms with Crippen LogP contribution in [0.15, 0.2) is 60.0 Å². The Kier molecular flexibility index (Phi) is 4.06. The molecule has 34 heavy (non-hydrogen) atoms. The van der Waals surface area contributed by atoms with Gasteiger partial charge in [-0.05, 0) is 116 Å². The fourth-order valence-electron chi connectivity index (χ4n) is 9.00. The van der Waals surface area contributed by atoms with Gasteiger partial charge in [0, 0.05) is 29.9 Å². The van der Waals surface area contributed by atoms with E-state index in [1.807, 2.05) is 12.4 Å². The van der Waals surface area contributed by atoms with E-state index in [2.05, 4.69) is 53.6 Å². The zero-order valence-corrected chi connectivity index (χ0v) is 20.4. The molecule has 8 rings (SSSR count). The van der Waals surface area contributed by atoms with E-state index in [4.69, 9.17) is 4.74 Å². The molecule has 3 heterocycles. The fraction of sp³-hybridized carbons (Fsp3) is 0.581. The van der Waals surface area contributed by atoms with Gasteiger partial charge < -0.3 is 10.1 Å². The predicted molar refractivity (Wildman–Crippen MR) is 136 cm³/mol. The maximum atomic E-state index is 7.46. The quantitative estimate of drug-likeness (QED) is 0.570. The van der Waals surface area contributed by atoms with E-state index in [9.17, 15) is 0 Å². The Labute approximate surface area is 203 Å². The van der Waals surface area contributed by atoms with Crippen molar-refractivity contribution in [1.29, 1.82) is 0 Å². The summed E-state index contributed by atoms with van der Waals surface area (Å²) in [6.07, 6.45) is 21.7. The zero-order valence-electron chi connectivity index (χ0n) is 20.4. The standard InChI is InChI=1S/C31H36N2O/c1-29-12-10-24-17-23-4-5-26(33-25-6-7-25)18-30(23)13-14-31(24,34-30)28(29)9-8-27(29)21-3-2-20-11-15-32-19-22(20)16-21/h2-3,10-11,15-17,19,25-28,33H,4-9,12-14,18H2,1H3/t26?,27?,28?,29?,30?,31-/m1/s1. The molecule has 3 nitrogen and oxygen atoms in total. The van der Waals surface area contributed by atoms with Gasteiger partial charge in [0.25, 0.3) is 0 Å². The van der Waals surface area contributed by atoms with Crippen LogP contribution in [0.25, 0.3) is 10.8 Å². The number of hydrogen-bond acceptors (Lipinski definition) is 3. The van der Waals surface area contributed by atoms with Crippen molar-refractivity contribution in [2.75, 3.05) is 0 Å². The second-order valence-electron chi connectivity index (χ2n) is 12.6. The summed E-state index contributed by atoms with van der Waals surface area (Å²) < 4.78 is 7.46. The number of pyridine rings is 1. The molecule has 6 atom stereocenters. The molecule has 5 unspecified atom stereocenters. The summed E-state index contributed by atoms with van der Waals surface area (Å²) in [6, 6.07) is 10.7. The maximum absolute atomic E-state index is 7.46. The number of hydrogen-bond donors (Lipinski definition) is 1. The molecule has 1 aromatic carbocycles. The van der Waals surface area contributed by atoms with Gasteiger partial charge >= 0.3 is 0 Å². The van der Waals surface area contributed by atoms with Gasteiger partial charge in [0.15, 0.2) is 0 Å². The van der Waals surface area contributed by atoms with E-state index in [1.165, 1.54) is 86.1 Å². The summed E-state index contributed by atoms with van der Waals surface area (Å²) in [4.78, 5) is 4.39. The highest BCUT2D eigenvalue weighted by Gasteiger charge is 2.66. The number of fused-ring (bicyclic) bond motifs is 2. The van der Waals surface area contributed by atoms with Crippen molar-refractivity contribution >= 4 is 10.8 Å². The van der Waals surface area contributed by atoms with Crippen molar-refractivity contribution in [2.24, 2.45) is 11.3 Å². The molecular weight excluding hydrogens is 416 g/mol. The minimum atomic E-state index is -0.0505. The van der Waals surface area contributed by atoms with Crippen molar-refractivity contribution in [3.8, 4) is 0 Å². The smallest absolute Gasteiger partial charge is 0.0974 e. The molecule has 3 saturated carbocycles. The summed E-state index contributed by atoms with van der Waals surface area (Å²) in [5, 5.41) is 6.51. The summed E-state index contributed by atoms with van der Waals surface area (Å²) in [6.45, 7) is 2.58. The number of allylic oxidation sites excluding steroid dienone is 1. The van der Waals surface area contributed by atoms with Gasteiger partial charge in [0.2, 0.25) is 0 Å². The highest BCUT2D eigenvalue weighted by atomic mass is 16.5. The lowest BCUT2D eigenvalue weighted by atomic mass is 9.58. The van der Waals surface area contributed by atoms with Gasteiger partial charge in [0.1, 0.15) is 0 Å². The molecule has 2 aromatic rings. The van der Waals surface area contributed by atoms with Crippen molar-refractivity contribution < 1.29 is 4.74 Å². The van der Waals surface area contributed by atoms with Crippen molar-refractivity contribution in [1.82, 2.24) is 10.3 Å². The summed E-state index contributed by atoms with van der Waals surface area (Å²) in [7, 11) is 0. The van der Waals surface area contributed by atoms with E-state index in [0.29, 0.717) is 17.9 Å². The molecule has 4 aliphatic carbocycles. The van der Waals surface area contributed by atoms with E-state index in [-0.39, 0.29) is 16.6 Å². The topological polar surface area (TPSA) is 34.1 Å². The Morgan fingerprint density at radius 2 is 1.94 bits per heavy atom. The van der Waals surface area contributed by atoms with Crippen LogP contribution in [0.3, 0.4) is 0 Å². The van der Waals surface area contributed by atoms with Gasteiger partial charge in [-0.1, -0.05) is 31.2 Å². The molecular formula is C31H36N2O. The van der Waals surface area contributed by atoms with Crippen LogP contribution in [-0.2, 0) is 4.74 Å². The average Bonchev–Trinajstić information content (AvgIpc) is 3.52. The Balaban J connectivity index is 1.15. The Morgan fingerprint density at radius 1 is 1.00 bits per heavy atom. The number of nitrogens with one attached hydrogen (secondary N) is 1. The van der Waals surface area contributed by atoms with Gasteiger partial charge in [-0.15, -0.1) is 0 Å².